The van der Waals surface area contributed by atoms with Crippen LogP contribution in [0.25, 0.3) is 0 Å². The highest BCUT2D eigenvalue weighted by atomic mass is 16.5. The molecule has 1 aromatic rings. The number of hydrogen-bond donors (Lipinski definition) is 1. The van der Waals surface area contributed by atoms with Gasteiger partial charge in [-0.05, 0) is 30.9 Å². The minimum Gasteiger partial charge on any atom is -0.469 e. The van der Waals surface area contributed by atoms with Crippen LogP contribution in [0.4, 0.5) is 0 Å². The van der Waals surface area contributed by atoms with Crippen molar-refractivity contribution in [3.8, 4) is 0 Å². The fourth-order valence-corrected chi connectivity index (χ4v) is 4.98. The summed E-state index contributed by atoms with van der Waals surface area (Å²) in [6, 6.07) is 7.52. The first kappa shape index (κ1) is 21.3. The summed E-state index contributed by atoms with van der Waals surface area (Å²) >= 11 is 0. The summed E-state index contributed by atoms with van der Waals surface area (Å²) in [5.41, 5.74) is 0.976. The van der Waals surface area contributed by atoms with Crippen molar-refractivity contribution in [2.24, 2.45) is 0 Å². The van der Waals surface area contributed by atoms with Crippen LogP contribution in [-0.4, -0.2) is 48.4 Å². The summed E-state index contributed by atoms with van der Waals surface area (Å²) in [4.78, 5) is 40.3. The number of amides is 2. The summed E-state index contributed by atoms with van der Waals surface area (Å²) in [5.74, 6) is -0.806. The number of carbonyl (C=O) groups is 3. The molecule has 0 bridgehead atoms. The van der Waals surface area contributed by atoms with Crippen molar-refractivity contribution >= 4 is 17.8 Å². The standard InChI is InChI=1S/C23H32N2O4/c1-3-4-16-25-22(28)18-11-7-6-10-17(18)20(23(25)13-8-5-9-14-23)21(27)24-15-12-19(26)29-2/h6-7,10-11,20H,3-5,8-9,12-16H2,1-2H3,(H,24,27)/t20-/m1/s1. The Morgan fingerprint density at radius 1 is 1.21 bits per heavy atom. The first-order valence-corrected chi connectivity index (χ1v) is 10.8. The highest BCUT2D eigenvalue weighted by molar-refractivity contribution is 6.02. The number of esters is 1. The van der Waals surface area contributed by atoms with Gasteiger partial charge in [-0.15, -0.1) is 0 Å². The molecule has 158 valence electrons. The lowest BCUT2D eigenvalue weighted by Crippen LogP contribution is -2.62. The van der Waals surface area contributed by atoms with E-state index in [1.54, 1.807) is 0 Å². The molecule has 6 heteroatoms. The molecule has 3 rings (SSSR count). The summed E-state index contributed by atoms with van der Waals surface area (Å²) in [7, 11) is 1.34. The number of rotatable bonds is 7. The van der Waals surface area contributed by atoms with Gasteiger partial charge in [0.25, 0.3) is 5.91 Å². The number of hydrogen-bond acceptors (Lipinski definition) is 4. The van der Waals surface area contributed by atoms with Crippen LogP contribution in [0, 0.1) is 0 Å². The number of fused-ring (bicyclic) bond motifs is 1. The van der Waals surface area contributed by atoms with Crippen molar-refractivity contribution in [2.45, 2.75) is 69.7 Å². The van der Waals surface area contributed by atoms with Crippen molar-refractivity contribution in [2.75, 3.05) is 20.2 Å². The highest BCUT2D eigenvalue weighted by Gasteiger charge is 2.54. The molecular weight excluding hydrogens is 368 g/mol. The fourth-order valence-electron chi connectivity index (χ4n) is 4.98. The van der Waals surface area contributed by atoms with E-state index in [1.165, 1.54) is 7.11 Å². The topological polar surface area (TPSA) is 75.7 Å². The second-order valence-electron chi connectivity index (χ2n) is 8.11. The molecule has 1 atom stereocenters. The van der Waals surface area contributed by atoms with Crippen LogP contribution in [0.2, 0.25) is 0 Å². The molecule has 6 nitrogen and oxygen atoms in total. The van der Waals surface area contributed by atoms with E-state index >= 15 is 0 Å². The Bertz CT molecular complexity index is 755. The lowest BCUT2D eigenvalue weighted by atomic mass is 9.65. The van der Waals surface area contributed by atoms with Gasteiger partial charge >= 0.3 is 5.97 Å². The predicted octanol–water partition coefficient (Wildman–Crippen LogP) is 3.41. The van der Waals surface area contributed by atoms with Crippen LogP contribution in [-0.2, 0) is 14.3 Å². The second kappa shape index (κ2) is 9.42. The maximum absolute atomic E-state index is 13.4. The van der Waals surface area contributed by atoms with Crippen molar-refractivity contribution in [1.82, 2.24) is 10.2 Å². The minimum atomic E-state index is -0.478. The van der Waals surface area contributed by atoms with Crippen LogP contribution >= 0.6 is 0 Å². The number of benzene rings is 1. The average molecular weight is 401 g/mol. The van der Waals surface area contributed by atoms with Crippen LogP contribution in [0.1, 0.15) is 80.1 Å². The molecule has 1 fully saturated rings. The monoisotopic (exact) mass is 400 g/mol. The van der Waals surface area contributed by atoms with Crippen LogP contribution in [0.5, 0.6) is 0 Å². The van der Waals surface area contributed by atoms with E-state index in [4.69, 9.17) is 0 Å². The maximum atomic E-state index is 13.4. The zero-order valence-electron chi connectivity index (χ0n) is 17.5. The summed E-state index contributed by atoms with van der Waals surface area (Å²) < 4.78 is 4.68. The third kappa shape index (κ3) is 4.16. The Morgan fingerprint density at radius 3 is 2.62 bits per heavy atom. The Kier molecular flexibility index (Phi) is 6.93. The van der Waals surface area contributed by atoms with E-state index in [1.807, 2.05) is 29.2 Å². The number of carbonyl (C=O) groups excluding carboxylic acids is 3. The van der Waals surface area contributed by atoms with Crippen molar-refractivity contribution in [3.05, 3.63) is 35.4 Å². The Balaban J connectivity index is 1.98. The van der Waals surface area contributed by atoms with Crippen molar-refractivity contribution < 1.29 is 19.1 Å². The van der Waals surface area contributed by atoms with E-state index < -0.39 is 11.5 Å². The predicted molar refractivity (Wildman–Crippen MR) is 111 cm³/mol. The summed E-state index contributed by atoms with van der Waals surface area (Å²) in [5, 5.41) is 2.94. The molecule has 1 heterocycles. The second-order valence-corrected chi connectivity index (χ2v) is 8.11. The third-order valence-corrected chi connectivity index (χ3v) is 6.40. The number of ether oxygens (including phenoxy) is 1. The molecule has 1 saturated carbocycles. The molecular formula is C23H32N2O4. The SMILES string of the molecule is CCCCN1C(=O)c2ccccc2[C@H](C(=O)NCCC(=O)OC)C12CCCCC2. The zero-order valence-corrected chi connectivity index (χ0v) is 17.5. The molecule has 1 spiro atoms. The molecule has 2 amide bonds. The fraction of sp³-hybridized carbons (Fsp3) is 0.609. The van der Waals surface area contributed by atoms with Gasteiger partial charge in [0.2, 0.25) is 5.91 Å². The van der Waals surface area contributed by atoms with Crippen LogP contribution in [0.3, 0.4) is 0 Å². The molecule has 1 aliphatic heterocycles. The molecule has 0 unspecified atom stereocenters. The molecule has 1 aromatic carbocycles. The number of unbranched alkanes of at least 4 members (excludes halogenated alkanes) is 1. The maximum Gasteiger partial charge on any atom is 0.307 e. The van der Waals surface area contributed by atoms with Gasteiger partial charge in [0.15, 0.2) is 0 Å². The number of nitrogens with zero attached hydrogens (tertiary/aromatic N) is 1. The first-order chi connectivity index (χ1) is 14.0. The molecule has 0 saturated heterocycles. The lowest BCUT2D eigenvalue weighted by molar-refractivity contribution is -0.140. The van der Waals surface area contributed by atoms with Crippen molar-refractivity contribution in [1.29, 1.82) is 0 Å². The quantitative estimate of drug-likeness (QED) is 0.712. The van der Waals surface area contributed by atoms with Crippen LogP contribution in [0.15, 0.2) is 24.3 Å². The van der Waals surface area contributed by atoms with Gasteiger partial charge in [0.05, 0.1) is 25.0 Å². The van der Waals surface area contributed by atoms with Gasteiger partial charge in [-0.25, -0.2) is 0 Å². The highest BCUT2D eigenvalue weighted by Crippen LogP contribution is 2.49. The largest absolute Gasteiger partial charge is 0.469 e. The van der Waals surface area contributed by atoms with E-state index in [0.29, 0.717) is 12.1 Å². The van der Waals surface area contributed by atoms with Gasteiger partial charge in [0.1, 0.15) is 0 Å². The van der Waals surface area contributed by atoms with Crippen molar-refractivity contribution in [3.63, 3.8) is 0 Å². The number of methoxy groups -OCH3 is 1. The molecule has 0 aromatic heterocycles. The third-order valence-electron chi connectivity index (χ3n) is 6.40. The Hall–Kier alpha value is -2.37. The van der Waals surface area contributed by atoms with Gasteiger partial charge in [-0.3, -0.25) is 14.4 Å². The lowest BCUT2D eigenvalue weighted by Gasteiger charge is -2.53. The molecule has 0 radical (unpaired) electrons. The molecule has 1 aliphatic carbocycles. The zero-order chi connectivity index (χ0) is 20.9. The van der Waals surface area contributed by atoms with Gasteiger partial charge in [-0.2, -0.15) is 0 Å². The number of nitrogens with one attached hydrogen (secondary N) is 1. The van der Waals surface area contributed by atoms with E-state index in [9.17, 15) is 14.4 Å². The average Bonchev–Trinajstić information content (AvgIpc) is 2.74. The van der Waals surface area contributed by atoms with E-state index in [0.717, 1.165) is 50.5 Å². The Labute approximate surface area is 173 Å². The Morgan fingerprint density at radius 2 is 1.93 bits per heavy atom. The molecule has 1 N–H and O–H groups in total. The van der Waals surface area contributed by atoms with Gasteiger partial charge in [-0.1, -0.05) is 50.8 Å². The molecule has 2 aliphatic rings. The normalized spacial score (nSPS) is 20.3. The summed E-state index contributed by atoms with van der Waals surface area (Å²) in [6.07, 6.45) is 6.91. The van der Waals surface area contributed by atoms with E-state index in [2.05, 4.69) is 17.0 Å². The first-order valence-electron chi connectivity index (χ1n) is 10.8. The summed E-state index contributed by atoms with van der Waals surface area (Å²) in [6.45, 7) is 3.03. The minimum absolute atomic E-state index is 0.0505. The van der Waals surface area contributed by atoms with Gasteiger partial charge in [0, 0.05) is 18.7 Å². The van der Waals surface area contributed by atoms with E-state index in [-0.39, 0.29) is 30.7 Å². The smallest absolute Gasteiger partial charge is 0.307 e. The molecule has 29 heavy (non-hydrogen) atoms. The van der Waals surface area contributed by atoms with Crippen LogP contribution < -0.4 is 5.32 Å². The van der Waals surface area contributed by atoms with Gasteiger partial charge < -0.3 is 15.0 Å².